The summed E-state index contributed by atoms with van der Waals surface area (Å²) in [5.41, 5.74) is 0.868. The highest BCUT2D eigenvalue weighted by molar-refractivity contribution is 7.89. The first-order valence-corrected chi connectivity index (χ1v) is 8.22. The van der Waals surface area contributed by atoms with Gasteiger partial charge in [-0.3, -0.25) is 0 Å². The highest BCUT2D eigenvalue weighted by Crippen LogP contribution is 2.35. The van der Waals surface area contributed by atoms with Crippen molar-refractivity contribution in [2.75, 3.05) is 6.54 Å². The first-order chi connectivity index (χ1) is 8.86. The maximum Gasteiger partial charge on any atom is 0.241 e. The van der Waals surface area contributed by atoms with Crippen molar-refractivity contribution < 1.29 is 8.42 Å². The van der Waals surface area contributed by atoms with E-state index in [-0.39, 0.29) is 11.6 Å². The minimum atomic E-state index is -3.38. The molecule has 0 amide bonds. The van der Waals surface area contributed by atoms with E-state index in [1.165, 1.54) is 0 Å². The molecule has 0 heterocycles. The van der Waals surface area contributed by atoms with Gasteiger partial charge in [-0.25, -0.2) is 13.1 Å². The fourth-order valence-corrected chi connectivity index (χ4v) is 3.50. The maximum atomic E-state index is 12.2. The van der Waals surface area contributed by atoms with Gasteiger partial charge in [0.15, 0.2) is 0 Å². The van der Waals surface area contributed by atoms with Crippen molar-refractivity contribution in [2.24, 2.45) is 0 Å². The molecule has 1 aromatic carbocycles. The molecule has 0 bridgehead atoms. The van der Waals surface area contributed by atoms with Gasteiger partial charge < -0.3 is 5.32 Å². The number of sulfonamides is 1. The minimum absolute atomic E-state index is 0.228. The van der Waals surface area contributed by atoms with E-state index in [0.29, 0.717) is 4.90 Å². The van der Waals surface area contributed by atoms with Crippen LogP contribution in [0.4, 0.5) is 0 Å². The summed E-state index contributed by atoms with van der Waals surface area (Å²) in [6.45, 7) is 6.94. The first-order valence-electron chi connectivity index (χ1n) is 6.74. The third-order valence-electron chi connectivity index (χ3n) is 3.58. The van der Waals surface area contributed by atoms with E-state index >= 15 is 0 Å². The molecule has 1 aliphatic rings. The number of nitrogens with one attached hydrogen (secondary N) is 2. The van der Waals surface area contributed by atoms with Crippen LogP contribution in [0.5, 0.6) is 0 Å². The number of benzene rings is 1. The molecule has 0 saturated heterocycles. The van der Waals surface area contributed by atoms with Crippen LogP contribution >= 0.6 is 0 Å². The lowest BCUT2D eigenvalue weighted by molar-refractivity contribution is 0.557. The fraction of sp³-hybridized carbons (Fsp3) is 0.571. The fourth-order valence-electron chi connectivity index (χ4n) is 2.03. The van der Waals surface area contributed by atoms with Gasteiger partial charge in [-0.2, -0.15) is 0 Å². The molecule has 19 heavy (non-hydrogen) atoms. The van der Waals surface area contributed by atoms with Crippen molar-refractivity contribution in [1.29, 1.82) is 0 Å². The van der Waals surface area contributed by atoms with Crippen LogP contribution in [0.1, 0.15) is 45.2 Å². The van der Waals surface area contributed by atoms with Crippen LogP contribution in [-0.2, 0) is 10.0 Å². The highest BCUT2D eigenvalue weighted by Gasteiger charge is 2.41. The molecule has 106 valence electrons. The summed E-state index contributed by atoms with van der Waals surface area (Å²) in [6.07, 6.45) is 1.84. The second-order valence-corrected chi connectivity index (χ2v) is 7.20. The first kappa shape index (κ1) is 14.5. The molecule has 1 saturated carbocycles. The molecule has 0 radical (unpaired) electrons. The van der Waals surface area contributed by atoms with Crippen LogP contribution in [0.25, 0.3) is 0 Å². The average molecular weight is 282 g/mol. The Bertz CT molecular complexity index is 533. The van der Waals surface area contributed by atoms with E-state index in [0.717, 1.165) is 24.9 Å². The zero-order chi connectivity index (χ0) is 14.1. The molecule has 0 spiro atoms. The lowest BCUT2D eigenvalue weighted by Crippen LogP contribution is -2.34. The molecule has 2 N–H and O–H groups in total. The third-order valence-corrected chi connectivity index (χ3v) is 5.24. The normalized spacial score (nSPS) is 19.1. The van der Waals surface area contributed by atoms with E-state index in [4.69, 9.17) is 0 Å². The highest BCUT2D eigenvalue weighted by atomic mass is 32.2. The predicted molar refractivity (Wildman–Crippen MR) is 76.5 cm³/mol. The molecule has 5 heteroatoms. The Morgan fingerprint density at radius 2 is 1.84 bits per heavy atom. The smallest absolute Gasteiger partial charge is 0.241 e. The lowest BCUT2D eigenvalue weighted by Gasteiger charge is -2.15. The standard InChI is InChI=1S/C14H22N2O2S/c1-4-15-11(2)12-5-7-13(8-6-12)19(17,18)16-14(3)9-10-14/h5-8,11,15-16H,4,9-10H2,1-3H3. The van der Waals surface area contributed by atoms with E-state index in [2.05, 4.69) is 23.9 Å². The van der Waals surface area contributed by atoms with Gasteiger partial charge in [0.05, 0.1) is 4.90 Å². The van der Waals surface area contributed by atoms with Crippen molar-refractivity contribution in [3.05, 3.63) is 29.8 Å². The topological polar surface area (TPSA) is 58.2 Å². The van der Waals surface area contributed by atoms with Gasteiger partial charge >= 0.3 is 0 Å². The van der Waals surface area contributed by atoms with Crippen LogP contribution in [0.3, 0.4) is 0 Å². The van der Waals surface area contributed by atoms with Crippen molar-refractivity contribution in [1.82, 2.24) is 10.0 Å². The molecule has 2 rings (SSSR count). The van der Waals surface area contributed by atoms with Crippen molar-refractivity contribution >= 4 is 10.0 Å². The summed E-state index contributed by atoms with van der Waals surface area (Å²) >= 11 is 0. The largest absolute Gasteiger partial charge is 0.310 e. The molecule has 1 atom stereocenters. The summed E-state index contributed by atoms with van der Waals surface area (Å²) in [5, 5.41) is 3.30. The van der Waals surface area contributed by atoms with Gasteiger partial charge in [0.1, 0.15) is 0 Å². The summed E-state index contributed by atoms with van der Waals surface area (Å²) in [6, 6.07) is 7.33. The summed E-state index contributed by atoms with van der Waals surface area (Å²) in [5.74, 6) is 0. The maximum absolute atomic E-state index is 12.2. The van der Waals surface area contributed by atoms with Crippen LogP contribution in [0.2, 0.25) is 0 Å². The second kappa shape index (κ2) is 5.23. The Balaban J connectivity index is 2.13. The quantitative estimate of drug-likeness (QED) is 0.841. The van der Waals surface area contributed by atoms with Gasteiger partial charge in [0.25, 0.3) is 0 Å². The minimum Gasteiger partial charge on any atom is -0.310 e. The Hall–Kier alpha value is -0.910. The van der Waals surface area contributed by atoms with Crippen LogP contribution < -0.4 is 10.0 Å². The molecule has 1 fully saturated rings. The number of hydrogen-bond donors (Lipinski definition) is 2. The number of rotatable bonds is 6. The summed E-state index contributed by atoms with van der Waals surface area (Å²) in [7, 11) is -3.38. The van der Waals surface area contributed by atoms with Gasteiger partial charge in [-0.05, 0) is 50.9 Å². The molecular weight excluding hydrogens is 260 g/mol. The third kappa shape index (κ3) is 3.55. The van der Waals surface area contributed by atoms with E-state index in [9.17, 15) is 8.42 Å². The van der Waals surface area contributed by atoms with Crippen LogP contribution in [0, 0.1) is 0 Å². The van der Waals surface area contributed by atoms with Gasteiger partial charge in [0.2, 0.25) is 10.0 Å². The SMILES string of the molecule is CCNC(C)c1ccc(S(=O)(=O)NC2(C)CC2)cc1. The predicted octanol–water partition coefficient (Wildman–Crippen LogP) is 2.19. The number of hydrogen-bond acceptors (Lipinski definition) is 3. The van der Waals surface area contributed by atoms with Crippen LogP contribution in [-0.4, -0.2) is 20.5 Å². The van der Waals surface area contributed by atoms with E-state index < -0.39 is 10.0 Å². The zero-order valence-corrected chi connectivity index (χ0v) is 12.5. The molecule has 1 unspecified atom stereocenters. The van der Waals surface area contributed by atoms with Crippen molar-refractivity contribution in [3.63, 3.8) is 0 Å². The monoisotopic (exact) mass is 282 g/mol. The Labute approximate surface area is 115 Å². The van der Waals surface area contributed by atoms with Crippen molar-refractivity contribution in [2.45, 2.75) is 50.1 Å². The van der Waals surface area contributed by atoms with E-state index in [1.54, 1.807) is 12.1 Å². The van der Waals surface area contributed by atoms with Crippen molar-refractivity contribution in [3.8, 4) is 0 Å². The molecule has 0 aliphatic heterocycles. The Morgan fingerprint density at radius 1 is 1.26 bits per heavy atom. The summed E-state index contributed by atoms with van der Waals surface area (Å²) in [4.78, 5) is 0.341. The lowest BCUT2D eigenvalue weighted by atomic mass is 10.1. The molecule has 1 aromatic rings. The van der Waals surface area contributed by atoms with Gasteiger partial charge in [-0.1, -0.05) is 19.1 Å². The Kier molecular flexibility index (Phi) is 3.99. The van der Waals surface area contributed by atoms with Gasteiger partial charge in [0, 0.05) is 11.6 Å². The van der Waals surface area contributed by atoms with E-state index in [1.807, 2.05) is 19.1 Å². The van der Waals surface area contributed by atoms with Gasteiger partial charge in [-0.15, -0.1) is 0 Å². The molecule has 4 nitrogen and oxygen atoms in total. The molecule has 1 aliphatic carbocycles. The zero-order valence-electron chi connectivity index (χ0n) is 11.7. The molecule has 0 aromatic heterocycles. The second-order valence-electron chi connectivity index (χ2n) is 5.51. The average Bonchev–Trinajstić information content (AvgIpc) is 3.06. The van der Waals surface area contributed by atoms with Crippen LogP contribution in [0.15, 0.2) is 29.2 Å². The summed E-state index contributed by atoms with van der Waals surface area (Å²) < 4.78 is 27.1. The molecular formula is C14H22N2O2S. The Morgan fingerprint density at radius 3 is 2.32 bits per heavy atom.